The van der Waals surface area contributed by atoms with Gasteiger partial charge in [-0.2, -0.15) is 18.3 Å². The van der Waals surface area contributed by atoms with Crippen molar-refractivity contribution in [3.8, 4) is 0 Å². The highest BCUT2D eigenvalue weighted by Crippen LogP contribution is 2.44. The maximum absolute atomic E-state index is 13.8. The molecule has 2 aromatic carbocycles. The van der Waals surface area contributed by atoms with Gasteiger partial charge in [-0.15, -0.1) is 0 Å². The van der Waals surface area contributed by atoms with Gasteiger partial charge in [0.2, 0.25) is 0 Å². The fourth-order valence-corrected chi connectivity index (χ4v) is 4.22. The molecule has 1 aliphatic heterocycles. The standard InChI is InChI=1S/C26H29F3N4O/c1-25(2,3)19-11-9-17(10-12-19)13-14-30-24(34)20-16-31-33-22(26(27,28)29)15-21(32-23(20)33)18-7-5-4-6-8-18/h4-12,16,21-22,32H,13-15H2,1-3H3,(H,30,34). The molecule has 4 rings (SSSR count). The van der Waals surface area contributed by atoms with Crippen molar-refractivity contribution >= 4 is 11.7 Å². The van der Waals surface area contributed by atoms with Gasteiger partial charge in [-0.3, -0.25) is 4.79 Å². The molecule has 2 atom stereocenters. The lowest BCUT2D eigenvalue weighted by Gasteiger charge is -2.34. The van der Waals surface area contributed by atoms with E-state index in [1.807, 2.05) is 18.2 Å². The molecule has 8 heteroatoms. The van der Waals surface area contributed by atoms with Gasteiger partial charge in [-0.25, -0.2) is 4.68 Å². The number of carbonyl (C=O) groups is 1. The number of carbonyl (C=O) groups excluding carboxylic acids is 1. The lowest BCUT2D eigenvalue weighted by molar-refractivity contribution is -0.173. The van der Waals surface area contributed by atoms with E-state index in [0.717, 1.165) is 15.8 Å². The Balaban J connectivity index is 1.48. The summed E-state index contributed by atoms with van der Waals surface area (Å²) in [5.74, 6) is -0.357. The molecule has 34 heavy (non-hydrogen) atoms. The van der Waals surface area contributed by atoms with Crippen molar-refractivity contribution < 1.29 is 18.0 Å². The third kappa shape index (κ3) is 5.11. The van der Waals surface area contributed by atoms with Crippen LogP contribution in [0, 0.1) is 0 Å². The zero-order valence-corrected chi connectivity index (χ0v) is 19.5. The molecule has 2 heterocycles. The molecule has 0 aliphatic carbocycles. The largest absolute Gasteiger partial charge is 0.410 e. The highest BCUT2D eigenvalue weighted by atomic mass is 19.4. The number of hydrogen-bond donors (Lipinski definition) is 2. The lowest BCUT2D eigenvalue weighted by Crippen LogP contribution is -2.36. The molecular formula is C26H29F3N4O. The van der Waals surface area contributed by atoms with Gasteiger partial charge in [0, 0.05) is 13.0 Å². The van der Waals surface area contributed by atoms with Crippen molar-refractivity contribution in [2.75, 3.05) is 11.9 Å². The average molecular weight is 471 g/mol. The first-order valence-corrected chi connectivity index (χ1v) is 11.4. The summed E-state index contributed by atoms with van der Waals surface area (Å²) in [6.45, 7) is 6.81. The second-order valence-electron chi connectivity index (χ2n) is 9.70. The maximum atomic E-state index is 13.8. The summed E-state index contributed by atoms with van der Waals surface area (Å²) in [5, 5.41) is 9.86. The first kappa shape index (κ1) is 23.9. The quantitative estimate of drug-likeness (QED) is 0.495. The Morgan fingerprint density at radius 1 is 1.09 bits per heavy atom. The fraction of sp³-hybridized carbons (Fsp3) is 0.385. The summed E-state index contributed by atoms with van der Waals surface area (Å²) < 4.78 is 42.4. The smallest absolute Gasteiger partial charge is 0.363 e. The maximum Gasteiger partial charge on any atom is 0.410 e. The van der Waals surface area contributed by atoms with Crippen molar-refractivity contribution in [2.45, 2.75) is 57.3 Å². The van der Waals surface area contributed by atoms with Gasteiger partial charge in [0.1, 0.15) is 11.4 Å². The van der Waals surface area contributed by atoms with Crippen molar-refractivity contribution in [3.05, 3.63) is 83.0 Å². The topological polar surface area (TPSA) is 59.0 Å². The summed E-state index contributed by atoms with van der Waals surface area (Å²) in [7, 11) is 0. The van der Waals surface area contributed by atoms with Crippen LogP contribution in [0.4, 0.5) is 19.0 Å². The monoisotopic (exact) mass is 470 g/mol. The van der Waals surface area contributed by atoms with Gasteiger partial charge in [0.25, 0.3) is 5.91 Å². The van der Waals surface area contributed by atoms with Gasteiger partial charge in [-0.05, 0) is 28.5 Å². The van der Waals surface area contributed by atoms with Crippen LogP contribution in [-0.4, -0.2) is 28.4 Å². The van der Waals surface area contributed by atoms with E-state index >= 15 is 0 Å². The van der Waals surface area contributed by atoms with E-state index in [1.54, 1.807) is 24.3 Å². The molecule has 0 spiro atoms. The molecule has 1 aromatic heterocycles. The predicted molar refractivity (Wildman–Crippen MR) is 126 cm³/mol. The van der Waals surface area contributed by atoms with Crippen LogP contribution in [0.1, 0.15) is 66.3 Å². The minimum absolute atomic E-state index is 0.0627. The number of halogens is 3. The normalized spacial score (nSPS) is 18.2. The van der Waals surface area contributed by atoms with Crippen molar-refractivity contribution in [1.29, 1.82) is 0 Å². The lowest BCUT2D eigenvalue weighted by atomic mass is 9.86. The first-order chi connectivity index (χ1) is 16.0. The summed E-state index contributed by atoms with van der Waals surface area (Å²) in [6.07, 6.45) is -2.86. The van der Waals surface area contributed by atoms with Gasteiger partial charge in [-0.1, -0.05) is 75.4 Å². The Kier molecular flexibility index (Phi) is 6.43. The number of anilines is 1. The number of hydrogen-bond acceptors (Lipinski definition) is 3. The second-order valence-corrected chi connectivity index (χ2v) is 9.70. The van der Waals surface area contributed by atoms with Crippen LogP contribution in [0.15, 0.2) is 60.8 Å². The SMILES string of the molecule is CC(C)(C)c1ccc(CCNC(=O)c2cnn3c2NC(c2ccccc2)CC3C(F)(F)F)cc1. The van der Waals surface area contributed by atoms with Crippen LogP contribution in [-0.2, 0) is 11.8 Å². The Morgan fingerprint density at radius 3 is 2.38 bits per heavy atom. The average Bonchev–Trinajstić information content (AvgIpc) is 3.22. The minimum atomic E-state index is -4.48. The number of aromatic nitrogens is 2. The molecule has 2 N–H and O–H groups in total. The number of fused-ring (bicyclic) bond motifs is 1. The highest BCUT2D eigenvalue weighted by molar-refractivity contribution is 5.98. The van der Waals surface area contributed by atoms with E-state index in [9.17, 15) is 18.0 Å². The third-order valence-electron chi connectivity index (χ3n) is 6.20. The Hall–Kier alpha value is -3.29. The summed E-state index contributed by atoms with van der Waals surface area (Å²) in [4.78, 5) is 12.9. The van der Waals surface area contributed by atoms with Crippen LogP contribution >= 0.6 is 0 Å². The number of amides is 1. The summed E-state index contributed by atoms with van der Waals surface area (Å²) in [6, 6.07) is 14.8. The van der Waals surface area contributed by atoms with Crippen molar-refractivity contribution in [2.24, 2.45) is 0 Å². The van der Waals surface area contributed by atoms with Gasteiger partial charge < -0.3 is 10.6 Å². The van der Waals surface area contributed by atoms with Crippen LogP contribution in [0.5, 0.6) is 0 Å². The zero-order valence-electron chi connectivity index (χ0n) is 19.5. The van der Waals surface area contributed by atoms with Gasteiger partial charge in [0.15, 0.2) is 6.04 Å². The molecule has 0 fully saturated rings. The van der Waals surface area contributed by atoms with Gasteiger partial charge in [0.05, 0.1) is 12.2 Å². The molecule has 3 aromatic rings. The van der Waals surface area contributed by atoms with E-state index in [4.69, 9.17) is 0 Å². The highest BCUT2D eigenvalue weighted by Gasteiger charge is 2.47. The molecule has 0 bridgehead atoms. The fourth-order valence-electron chi connectivity index (χ4n) is 4.22. The van der Waals surface area contributed by atoms with E-state index in [0.29, 0.717) is 13.0 Å². The molecule has 5 nitrogen and oxygen atoms in total. The third-order valence-corrected chi connectivity index (χ3v) is 6.20. The van der Waals surface area contributed by atoms with Gasteiger partial charge >= 0.3 is 6.18 Å². The molecule has 0 saturated heterocycles. The number of alkyl halides is 3. The molecule has 0 radical (unpaired) electrons. The van der Waals surface area contributed by atoms with E-state index in [1.165, 1.54) is 11.8 Å². The summed E-state index contributed by atoms with van der Waals surface area (Å²) >= 11 is 0. The van der Waals surface area contributed by atoms with E-state index < -0.39 is 24.2 Å². The Bertz CT molecular complexity index is 1130. The second kappa shape index (κ2) is 9.16. The van der Waals surface area contributed by atoms with E-state index in [2.05, 4.69) is 48.6 Å². The molecule has 180 valence electrons. The number of rotatable bonds is 5. The van der Waals surface area contributed by atoms with Crippen molar-refractivity contribution in [3.63, 3.8) is 0 Å². The Labute approximate surface area is 197 Å². The van der Waals surface area contributed by atoms with Crippen LogP contribution < -0.4 is 10.6 Å². The molecule has 1 aliphatic rings. The number of nitrogens with one attached hydrogen (secondary N) is 2. The number of benzene rings is 2. The Morgan fingerprint density at radius 2 is 1.76 bits per heavy atom. The molecule has 0 saturated carbocycles. The minimum Gasteiger partial charge on any atom is -0.363 e. The predicted octanol–water partition coefficient (Wildman–Crippen LogP) is 5.81. The molecule has 2 unspecified atom stereocenters. The zero-order chi connectivity index (χ0) is 24.5. The van der Waals surface area contributed by atoms with Crippen LogP contribution in [0.2, 0.25) is 0 Å². The van der Waals surface area contributed by atoms with E-state index in [-0.39, 0.29) is 23.2 Å². The summed E-state index contributed by atoms with van der Waals surface area (Å²) in [5.41, 5.74) is 3.20. The molecule has 1 amide bonds. The van der Waals surface area contributed by atoms with Crippen LogP contribution in [0.3, 0.4) is 0 Å². The first-order valence-electron chi connectivity index (χ1n) is 11.4. The number of nitrogens with zero attached hydrogens (tertiary/aromatic N) is 2. The van der Waals surface area contributed by atoms with Crippen LogP contribution in [0.25, 0.3) is 0 Å². The molecular weight excluding hydrogens is 441 g/mol. The van der Waals surface area contributed by atoms with Crippen molar-refractivity contribution in [1.82, 2.24) is 15.1 Å².